The lowest BCUT2D eigenvalue weighted by Crippen LogP contribution is -2.50. The van der Waals surface area contributed by atoms with Gasteiger partial charge in [-0.05, 0) is 58.2 Å². The number of aromatic nitrogens is 1. The zero-order chi connectivity index (χ0) is 23.2. The maximum atomic E-state index is 13.0. The quantitative estimate of drug-likeness (QED) is 0.542. The number of nitrogens with zero attached hydrogens (tertiary/aromatic N) is 2. The van der Waals surface area contributed by atoms with Crippen molar-refractivity contribution in [2.45, 2.75) is 64.0 Å². The molecule has 1 saturated carbocycles. The maximum Gasteiger partial charge on any atom is 0.234 e. The molecule has 1 aliphatic heterocycles. The number of likely N-dealkylation sites (N-methyl/N-ethyl adjacent to an activating group) is 1. The van der Waals surface area contributed by atoms with E-state index in [2.05, 4.69) is 15.5 Å². The molecule has 0 bridgehead atoms. The third kappa shape index (κ3) is 6.08. The Morgan fingerprint density at radius 1 is 1.18 bits per heavy atom. The van der Waals surface area contributed by atoms with Crippen molar-refractivity contribution in [3.05, 3.63) is 51.5 Å². The predicted molar refractivity (Wildman–Crippen MR) is 133 cm³/mol. The molecule has 33 heavy (non-hydrogen) atoms. The molecule has 0 spiro atoms. The SMILES string of the molecule is CNCC(=O)NC(CN1CCC[C@H]1c1nc(C(=O)c2cccc(C)c2)cs1)C1CCCCC1. The van der Waals surface area contributed by atoms with E-state index >= 15 is 0 Å². The number of thiazole rings is 1. The van der Waals surface area contributed by atoms with Gasteiger partial charge in [0.25, 0.3) is 0 Å². The van der Waals surface area contributed by atoms with Gasteiger partial charge in [-0.1, -0.05) is 43.0 Å². The highest BCUT2D eigenvalue weighted by molar-refractivity contribution is 7.10. The summed E-state index contributed by atoms with van der Waals surface area (Å²) in [5.74, 6) is 0.602. The topological polar surface area (TPSA) is 74.3 Å². The van der Waals surface area contributed by atoms with E-state index in [9.17, 15) is 9.59 Å². The molecule has 2 fully saturated rings. The highest BCUT2D eigenvalue weighted by Crippen LogP contribution is 2.36. The van der Waals surface area contributed by atoms with Gasteiger partial charge in [0.15, 0.2) is 0 Å². The van der Waals surface area contributed by atoms with Gasteiger partial charge in [0, 0.05) is 23.5 Å². The zero-order valence-corrected chi connectivity index (χ0v) is 20.6. The number of benzene rings is 1. The summed E-state index contributed by atoms with van der Waals surface area (Å²) in [6, 6.07) is 8.09. The number of ketones is 1. The molecule has 178 valence electrons. The second-order valence-corrected chi connectivity index (χ2v) is 10.4. The van der Waals surface area contributed by atoms with Gasteiger partial charge in [-0.3, -0.25) is 14.5 Å². The fourth-order valence-electron chi connectivity index (χ4n) is 5.32. The molecule has 1 unspecified atom stereocenters. The molecule has 4 rings (SSSR count). The number of nitrogens with one attached hydrogen (secondary N) is 2. The Labute approximate surface area is 201 Å². The van der Waals surface area contributed by atoms with E-state index in [4.69, 9.17) is 4.98 Å². The van der Waals surface area contributed by atoms with Gasteiger partial charge in [-0.25, -0.2) is 4.98 Å². The Bertz CT molecular complexity index is 953. The molecule has 2 aromatic rings. The third-order valence-electron chi connectivity index (χ3n) is 7.02. The van der Waals surface area contributed by atoms with Crippen molar-refractivity contribution in [3.63, 3.8) is 0 Å². The summed E-state index contributed by atoms with van der Waals surface area (Å²) < 4.78 is 0. The number of hydrogen-bond donors (Lipinski definition) is 2. The van der Waals surface area contributed by atoms with Crippen LogP contribution >= 0.6 is 11.3 Å². The summed E-state index contributed by atoms with van der Waals surface area (Å²) in [7, 11) is 1.81. The normalized spacial score (nSPS) is 20.6. The summed E-state index contributed by atoms with van der Waals surface area (Å²) in [5.41, 5.74) is 2.31. The van der Waals surface area contributed by atoms with Crippen LogP contribution in [0.3, 0.4) is 0 Å². The Kier molecular flexibility index (Phi) is 8.28. The highest BCUT2D eigenvalue weighted by atomic mass is 32.1. The largest absolute Gasteiger partial charge is 0.351 e. The third-order valence-corrected chi connectivity index (χ3v) is 7.96. The van der Waals surface area contributed by atoms with Crippen molar-refractivity contribution < 1.29 is 9.59 Å². The number of amides is 1. The van der Waals surface area contributed by atoms with E-state index in [1.165, 1.54) is 32.1 Å². The highest BCUT2D eigenvalue weighted by Gasteiger charge is 2.34. The van der Waals surface area contributed by atoms with Gasteiger partial charge in [0.1, 0.15) is 10.7 Å². The summed E-state index contributed by atoms with van der Waals surface area (Å²) in [4.78, 5) is 32.6. The standard InChI is InChI=1S/C26H36N4O2S/c1-18-8-6-11-20(14-18)25(32)22-17-33-26(29-22)23-12-7-13-30(23)16-21(28-24(31)15-27-2)19-9-4-3-5-10-19/h6,8,11,14,17,19,21,23,27H,3-5,7,9-10,12-13,15-16H2,1-2H3,(H,28,31)/t21?,23-/m0/s1. The first kappa shape index (κ1) is 24.0. The lowest BCUT2D eigenvalue weighted by Gasteiger charge is -2.35. The van der Waals surface area contributed by atoms with Gasteiger partial charge in [0.05, 0.1) is 12.6 Å². The zero-order valence-electron chi connectivity index (χ0n) is 19.8. The van der Waals surface area contributed by atoms with Crippen molar-refractivity contribution in [2.24, 2.45) is 5.92 Å². The fourth-order valence-corrected chi connectivity index (χ4v) is 6.29. The van der Waals surface area contributed by atoms with Gasteiger partial charge in [-0.2, -0.15) is 0 Å². The minimum atomic E-state index is -0.00911. The van der Waals surface area contributed by atoms with Gasteiger partial charge < -0.3 is 10.6 Å². The number of carbonyl (C=O) groups excluding carboxylic acids is 2. The first-order valence-corrected chi connectivity index (χ1v) is 13.2. The second kappa shape index (κ2) is 11.4. The summed E-state index contributed by atoms with van der Waals surface area (Å²) >= 11 is 1.59. The number of rotatable bonds is 9. The number of likely N-dealkylation sites (tertiary alicyclic amines) is 1. The van der Waals surface area contributed by atoms with E-state index in [0.29, 0.717) is 23.7 Å². The van der Waals surface area contributed by atoms with Crippen LogP contribution in [0.1, 0.15) is 77.6 Å². The van der Waals surface area contributed by atoms with Crippen molar-refractivity contribution in [3.8, 4) is 0 Å². The van der Waals surface area contributed by atoms with Gasteiger partial charge in [0.2, 0.25) is 11.7 Å². The average molecular weight is 469 g/mol. The van der Waals surface area contributed by atoms with E-state index < -0.39 is 0 Å². The lowest BCUT2D eigenvalue weighted by atomic mass is 9.83. The Hall–Kier alpha value is -2.09. The van der Waals surface area contributed by atoms with Crippen LogP contribution in [0.25, 0.3) is 0 Å². The van der Waals surface area contributed by atoms with Crippen molar-refractivity contribution in [1.29, 1.82) is 0 Å². The van der Waals surface area contributed by atoms with Crippen molar-refractivity contribution in [1.82, 2.24) is 20.5 Å². The number of carbonyl (C=O) groups is 2. The predicted octanol–water partition coefficient (Wildman–Crippen LogP) is 4.10. The molecular weight excluding hydrogens is 432 g/mol. The van der Waals surface area contributed by atoms with Crippen LogP contribution in [0, 0.1) is 12.8 Å². The Morgan fingerprint density at radius 3 is 2.76 bits per heavy atom. The fraction of sp³-hybridized carbons (Fsp3) is 0.577. The number of hydrogen-bond acceptors (Lipinski definition) is 6. The van der Waals surface area contributed by atoms with E-state index in [1.807, 2.05) is 43.6 Å². The van der Waals surface area contributed by atoms with Gasteiger partial charge >= 0.3 is 0 Å². The molecule has 2 aliphatic rings. The minimum absolute atomic E-state index is 0.00911. The van der Waals surface area contributed by atoms with E-state index in [-0.39, 0.29) is 23.8 Å². The summed E-state index contributed by atoms with van der Waals surface area (Å²) in [5, 5.41) is 9.22. The van der Waals surface area contributed by atoms with Crippen LogP contribution in [0.2, 0.25) is 0 Å². The molecular formula is C26H36N4O2S. The first-order valence-electron chi connectivity index (χ1n) is 12.3. The molecule has 1 aromatic carbocycles. The molecule has 7 heteroatoms. The maximum absolute atomic E-state index is 13.0. The molecule has 1 saturated heterocycles. The Morgan fingerprint density at radius 2 is 2.00 bits per heavy atom. The molecule has 6 nitrogen and oxygen atoms in total. The summed E-state index contributed by atoms with van der Waals surface area (Å²) in [6.07, 6.45) is 8.36. The molecule has 1 aliphatic carbocycles. The Balaban J connectivity index is 1.47. The van der Waals surface area contributed by atoms with Crippen LogP contribution in [0.15, 0.2) is 29.6 Å². The van der Waals surface area contributed by atoms with Crippen LogP contribution in [-0.2, 0) is 4.79 Å². The van der Waals surface area contributed by atoms with Crippen molar-refractivity contribution in [2.75, 3.05) is 26.7 Å². The monoisotopic (exact) mass is 468 g/mol. The molecule has 2 heterocycles. The van der Waals surface area contributed by atoms with Crippen LogP contribution in [0.5, 0.6) is 0 Å². The molecule has 0 radical (unpaired) electrons. The summed E-state index contributed by atoms with van der Waals surface area (Å²) in [6.45, 7) is 4.21. The smallest absolute Gasteiger partial charge is 0.234 e. The van der Waals surface area contributed by atoms with Crippen LogP contribution in [0.4, 0.5) is 0 Å². The molecule has 1 aromatic heterocycles. The molecule has 2 N–H and O–H groups in total. The second-order valence-electron chi connectivity index (χ2n) is 9.52. The van der Waals surface area contributed by atoms with Crippen LogP contribution in [-0.4, -0.2) is 54.3 Å². The average Bonchev–Trinajstić information content (AvgIpc) is 3.48. The van der Waals surface area contributed by atoms with Gasteiger partial charge in [-0.15, -0.1) is 11.3 Å². The van der Waals surface area contributed by atoms with Crippen molar-refractivity contribution >= 4 is 23.0 Å². The minimum Gasteiger partial charge on any atom is -0.351 e. The van der Waals surface area contributed by atoms with E-state index in [0.717, 1.165) is 36.5 Å². The number of aryl methyl sites for hydroxylation is 1. The van der Waals surface area contributed by atoms with Crippen LogP contribution < -0.4 is 10.6 Å². The molecule has 1 amide bonds. The lowest BCUT2D eigenvalue weighted by molar-refractivity contribution is -0.121. The van der Waals surface area contributed by atoms with E-state index in [1.54, 1.807) is 11.3 Å². The molecule has 2 atom stereocenters. The first-order chi connectivity index (χ1) is 16.0.